The number of nitrogens with zero attached hydrogens (tertiary/aromatic N) is 2. The molecule has 0 aliphatic rings. The Morgan fingerprint density at radius 2 is 2.11 bits per heavy atom. The monoisotopic (exact) mass is 268 g/mol. The molecule has 0 unspecified atom stereocenters. The highest BCUT2D eigenvalue weighted by atomic mass is 16.4. The predicted octanol–water partition coefficient (Wildman–Crippen LogP) is 2.66. The molecule has 0 radical (unpaired) electrons. The number of carboxylic acid groups (broad SMARTS) is 1. The van der Waals surface area contributed by atoms with Crippen molar-refractivity contribution in [2.45, 2.75) is 59.0 Å². The molecule has 0 saturated carbocycles. The van der Waals surface area contributed by atoms with Gasteiger partial charge in [0.25, 0.3) is 0 Å². The molecule has 1 heterocycles. The summed E-state index contributed by atoms with van der Waals surface area (Å²) in [5, 5.41) is 8.76. The maximum Gasteiger partial charge on any atom is 0.304 e. The van der Waals surface area contributed by atoms with Gasteiger partial charge in [-0.15, -0.1) is 0 Å². The van der Waals surface area contributed by atoms with Crippen LogP contribution in [0.25, 0.3) is 0 Å². The minimum absolute atomic E-state index is 0.0605. The van der Waals surface area contributed by atoms with E-state index in [9.17, 15) is 4.79 Å². The highest BCUT2D eigenvalue weighted by Crippen LogP contribution is 2.23. The normalized spacial score (nSPS) is 12.4. The van der Waals surface area contributed by atoms with E-state index < -0.39 is 5.97 Å². The quantitative estimate of drug-likeness (QED) is 0.859. The first-order valence-corrected chi connectivity index (χ1v) is 6.61. The van der Waals surface area contributed by atoms with Gasteiger partial charge >= 0.3 is 5.97 Å². The topological polar surface area (TPSA) is 66.6 Å². The summed E-state index contributed by atoms with van der Waals surface area (Å²) in [6.45, 7) is 11.3. The third-order valence-electron chi connectivity index (χ3n) is 2.97. The molecule has 108 valence electrons. The molecule has 0 bridgehead atoms. The van der Waals surface area contributed by atoms with Crippen molar-refractivity contribution < 1.29 is 14.3 Å². The lowest BCUT2D eigenvalue weighted by atomic mass is 9.94. The summed E-state index contributed by atoms with van der Waals surface area (Å²) in [6.07, 6.45) is 1.88. The van der Waals surface area contributed by atoms with Gasteiger partial charge in [-0.25, -0.2) is 4.98 Å². The van der Waals surface area contributed by atoms with Gasteiger partial charge in [0.1, 0.15) is 5.76 Å². The Labute approximate surface area is 114 Å². The van der Waals surface area contributed by atoms with Crippen LogP contribution in [0, 0.1) is 0 Å². The highest BCUT2D eigenvalue weighted by molar-refractivity contribution is 5.66. The van der Waals surface area contributed by atoms with E-state index in [-0.39, 0.29) is 17.9 Å². The molecule has 0 saturated heterocycles. The molecular weight excluding hydrogens is 244 g/mol. The lowest BCUT2D eigenvalue weighted by Gasteiger charge is -2.24. The van der Waals surface area contributed by atoms with Crippen LogP contribution in [0.2, 0.25) is 0 Å². The number of aromatic nitrogens is 1. The molecule has 1 N–H and O–H groups in total. The zero-order valence-corrected chi connectivity index (χ0v) is 12.4. The average molecular weight is 268 g/mol. The van der Waals surface area contributed by atoms with E-state index in [0.717, 1.165) is 5.76 Å². The van der Waals surface area contributed by atoms with Gasteiger partial charge < -0.3 is 9.52 Å². The van der Waals surface area contributed by atoms with Crippen LogP contribution in [0.4, 0.5) is 0 Å². The minimum Gasteiger partial charge on any atom is -0.481 e. The smallest absolute Gasteiger partial charge is 0.304 e. The molecule has 19 heavy (non-hydrogen) atoms. The van der Waals surface area contributed by atoms with Gasteiger partial charge in [-0.05, 0) is 13.8 Å². The van der Waals surface area contributed by atoms with Crippen LogP contribution in [0.3, 0.4) is 0 Å². The predicted molar refractivity (Wildman–Crippen MR) is 73.0 cm³/mol. The number of hydrogen-bond acceptors (Lipinski definition) is 4. The molecule has 5 nitrogen and oxygen atoms in total. The Kier molecular flexibility index (Phi) is 5.11. The number of rotatable bonds is 6. The fourth-order valence-corrected chi connectivity index (χ4v) is 1.66. The zero-order valence-electron chi connectivity index (χ0n) is 12.4. The Hall–Kier alpha value is -1.36. The maximum absolute atomic E-state index is 10.6. The van der Waals surface area contributed by atoms with E-state index in [1.54, 1.807) is 6.20 Å². The number of carboxylic acids is 1. The van der Waals surface area contributed by atoms with Crippen LogP contribution in [0.15, 0.2) is 10.6 Å². The van der Waals surface area contributed by atoms with E-state index in [2.05, 4.69) is 25.8 Å². The van der Waals surface area contributed by atoms with Crippen molar-refractivity contribution in [1.29, 1.82) is 0 Å². The second kappa shape index (κ2) is 6.19. The van der Waals surface area contributed by atoms with Crippen LogP contribution < -0.4 is 0 Å². The highest BCUT2D eigenvalue weighted by Gasteiger charge is 2.21. The Morgan fingerprint density at radius 1 is 1.47 bits per heavy atom. The molecule has 0 aliphatic carbocycles. The van der Waals surface area contributed by atoms with Crippen molar-refractivity contribution in [3.63, 3.8) is 0 Å². The first-order valence-electron chi connectivity index (χ1n) is 6.61. The third-order valence-corrected chi connectivity index (χ3v) is 2.97. The average Bonchev–Trinajstić information content (AvgIpc) is 2.71. The van der Waals surface area contributed by atoms with Crippen LogP contribution in [0.5, 0.6) is 0 Å². The molecule has 1 aromatic heterocycles. The second-order valence-corrected chi connectivity index (χ2v) is 6.08. The fraction of sp³-hybridized carbons (Fsp3) is 0.714. The van der Waals surface area contributed by atoms with E-state index in [4.69, 9.17) is 9.52 Å². The zero-order chi connectivity index (χ0) is 14.6. The third kappa shape index (κ3) is 5.03. The summed E-state index contributed by atoms with van der Waals surface area (Å²) < 4.78 is 5.74. The second-order valence-electron chi connectivity index (χ2n) is 6.08. The number of hydrogen-bond donors (Lipinski definition) is 1. The Morgan fingerprint density at radius 3 is 2.53 bits per heavy atom. The van der Waals surface area contributed by atoms with Crippen molar-refractivity contribution >= 4 is 5.97 Å². The largest absolute Gasteiger partial charge is 0.481 e. The molecule has 5 heteroatoms. The SMILES string of the molecule is CC(C)N(CCC(=O)O)Cc1ncc(C(C)(C)C)o1. The Bertz CT molecular complexity index is 419. The molecule has 0 amide bonds. The lowest BCUT2D eigenvalue weighted by Crippen LogP contribution is -2.32. The summed E-state index contributed by atoms with van der Waals surface area (Å²) in [5.41, 5.74) is -0.0605. The fourth-order valence-electron chi connectivity index (χ4n) is 1.66. The van der Waals surface area contributed by atoms with Crippen LogP contribution in [-0.4, -0.2) is 33.5 Å². The molecular formula is C14H24N2O3. The number of aliphatic carboxylic acids is 1. The first kappa shape index (κ1) is 15.7. The number of oxazole rings is 1. The molecule has 0 aromatic carbocycles. The van der Waals surface area contributed by atoms with E-state index in [0.29, 0.717) is 19.0 Å². The molecule has 0 atom stereocenters. The van der Waals surface area contributed by atoms with Gasteiger partial charge in [-0.3, -0.25) is 9.69 Å². The van der Waals surface area contributed by atoms with Gasteiger partial charge in [0.15, 0.2) is 0 Å². The standard InChI is InChI=1S/C14H24N2O3/c1-10(2)16(7-6-13(17)18)9-12-15-8-11(19-12)14(3,4)5/h8,10H,6-7,9H2,1-5H3,(H,17,18). The van der Waals surface area contributed by atoms with Crippen molar-refractivity contribution in [3.8, 4) is 0 Å². The van der Waals surface area contributed by atoms with Gasteiger partial charge in [-0.2, -0.15) is 0 Å². The maximum atomic E-state index is 10.6. The molecule has 0 aliphatic heterocycles. The van der Waals surface area contributed by atoms with Crippen LogP contribution >= 0.6 is 0 Å². The van der Waals surface area contributed by atoms with E-state index in [1.165, 1.54) is 0 Å². The molecule has 0 spiro atoms. The summed E-state index contributed by atoms with van der Waals surface area (Å²) in [6, 6.07) is 0.254. The molecule has 1 aromatic rings. The van der Waals surface area contributed by atoms with Gasteiger partial charge in [0.05, 0.1) is 19.2 Å². The summed E-state index contributed by atoms with van der Waals surface area (Å²) in [5.74, 6) is 0.710. The lowest BCUT2D eigenvalue weighted by molar-refractivity contribution is -0.137. The van der Waals surface area contributed by atoms with Gasteiger partial charge in [-0.1, -0.05) is 20.8 Å². The first-order chi connectivity index (χ1) is 8.70. The Balaban J connectivity index is 2.69. The van der Waals surface area contributed by atoms with Crippen molar-refractivity contribution in [2.75, 3.05) is 6.54 Å². The van der Waals surface area contributed by atoms with Crippen LogP contribution in [-0.2, 0) is 16.8 Å². The van der Waals surface area contributed by atoms with E-state index in [1.807, 2.05) is 18.7 Å². The van der Waals surface area contributed by atoms with Crippen molar-refractivity contribution in [2.24, 2.45) is 0 Å². The minimum atomic E-state index is -0.784. The van der Waals surface area contributed by atoms with Gasteiger partial charge in [0, 0.05) is 18.0 Å². The molecule has 0 fully saturated rings. The van der Waals surface area contributed by atoms with E-state index >= 15 is 0 Å². The molecule has 1 rings (SSSR count). The van der Waals surface area contributed by atoms with Crippen molar-refractivity contribution in [3.05, 3.63) is 17.8 Å². The summed E-state index contributed by atoms with van der Waals surface area (Å²) in [7, 11) is 0. The van der Waals surface area contributed by atoms with Crippen molar-refractivity contribution in [1.82, 2.24) is 9.88 Å². The van der Waals surface area contributed by atoms with Crippen LogP contribution in [0.1, 0.15) is 52.7 Å². The number of carbonyl (C=O) groups is 1. The summed E-state index contributed by atoms with van der Waals surface area (Å²) in [4.78, 5) is 17.0. The summed E-state index contributed by atoms with van der Waals surface area (Å²) >= 11 is 0. The van der Waals surface area contributed by atoms with Gasteiger partial charge in [0.2, 0.25) is 5.89 Å².